The van der Waals surface area contributed by atoms with E-state index < -0.39 is 0 Å². The number of aromatic nitrogens is 3. The maximum absolute atomic E-state index is 12.4. The number of nitrogens with zero attached hydrogens (tertiary/aromatic N) is 3. The minimum absolute atomic E-state index is 0.0324. The lowest BCUT2D eigenvalue weighted by Gasteiger charge is -2.28. The van der Waals surface area contributed by atoms with Crippen molar-refractivity contribution in [1.29, 1.82) is 0 Å². The molecule has 0 atom stereocenters. The van der Waals surface area contributed by atoms with Gasteiger partial charge in [0, 0.05) is 6.42 Å². The third-order valence-corrected chi connectivity index (χ3v) is 4.07. The zero-order valence-corrected chi connectivity index (χ0v) is 12.8. The molecule has 3 rings (SSSR count). The van der Waals surface area contributed by atoms with Crippen LogP contribution < -0.4 is 10.2 Å². The number of benzene rings is 1. The molecule has 22 heavy (non-hydrogen) atoms. The van der Waals surface area contributed by atoms with Crippen molar-refractivity contribution in [2.24, 2.45) is 0 Å². The highest BCUT2D eigenvalue weighted by Crippen LogP contribution is 2.29. The first kappa shape index (κ1) is 14.6. The van der Waals surface area contributed by atoms with Gasteiger partial charge in [-0.05, 0) is 12.1 Å². The van der Waals surface area contributed by atoms with Gasteiger partial charge in [0.15, 0.2) is 0 Å². The molecular formula is C14H15N5O2S. The van der Waals surface area contributed by atoms with Gasteiger partial charge in [-0.25, -0.2) is 4.98 Å². The minimum Gasteiger partial charge on any atom is -0.323 e. The van der Waals surface area contributed by atoms with Crippen LogP contribution in [-0.2, 0) is 16.0 Å². The number of hydrogen-bond acceptors (Lipinski definition) is 5. The fourth-order valence-electron chi connectivity index (χ4n) is 2.16. The Hall–Kier alpha value is -2.35. The summed E-state index contributed by atoms with van der Waals surface area (Å²) in [4.78, 5) is 29.9. The highest BCUT2D eigenvalue weighted by molar-refractivity contribution is 7.99. The van der Waals surface area contributed by atoms with E-state index in [1.54, 1.807) is 6.07 Å². The maximum atomic E-state index is 12.4. The summed E-state index contributed by atoms with van der Waals surface area (Å²) in [6.45, 7) is 2.01. The molecule has 2 aromatic rings. The van der Waals surface area contributed by atoms with Crippen molar-refractivity contribution in [2.45, 2.75) is 18.5 Å². The summed E-state index contributed by atoms with van der Waals surface area (Å²) in [7, 11) is 0. The van der Waals surface area contributed by atoms with Crippen LogP contribution in [0.5, 0.6) is 0 Å². The summed E-state index contributed by atoms with van der Waals surface area (Å²) >= 11 is 1.26. The van der Waals surface area contributed by atoms with Crippen LogP contribution in [0.1, 0.15) is 12.7 Å². The minimum atomic E-state index is -0.191. The number of amides is 2. The van der Waals surface area contributed by atoms with Crippen LogP contribution in [0, 0.1) is 0 Å². The van der Waals surface area contributed by atoms with Gasteiger partial charge in [0.05, 0.1) is 17.1 Å². The lowest BCUT2D eigenvalue weighted by atomic mass is 10.2. The van der Waals surface area contributed by atoms with Crippen molar-refractivity contribution in [3.05, 3.63) is 30.1 Å². The van der Waals surface area contributed by atoms with Gasteiger partial charge in [-0.15, -0.1) is 5.10 Å². The topological polar surface area (TPSA) is 91.0 Å². The van der Waals surface area contributed by atoms with Crippen molar-refractivity contribution in [2.75, 3.05) is 22.5 Å². The number of rotatable bonds is 4. The average molecular weight is 317 g/mol. The van der Waals surface area contributed by atoms with Crippen molar-refractivity contribution in [3.63, 3.8) is 0 Å². The van der Waals surface area contributed by atoms with Crippen molar-refractivity contribution in [3.8, 4) is 0 Å². The number of para-hydroxylation sites is 2. The van der Waals surface area contributed by atoms with E-state index in [2.05, 4.69) is 20.5 Å². The van der Waals surface area contributed by atoms with Gasteiger partial charge in [-0.2, -0.15) is 0 Å². The molecule has 0 saturated carbocycles. The third-order valence-electron chi connectivity index (χ3n) is 3.24. The summed E-state index contributed by atoms with van der Waals surface area (Å²) in [5, 5.41) is 10.2. The molecule has 2 amide bonds. The molecule has 0 radical (unpaired) electrons. The molecule has 0 fully saturated rings. The van der Waals surface area contributed by atoms with E-state index in [1.165, 1.54) is 16.7 Å². The normalized spacial score (nSPS) is 13.7. The molecule has 1 aromatic carbocycles. The number of nitrogens with one attached hydrogen (secondary N) is 2. The Morgan fingerprint density at radius 1 is 1.41 bits per heavy atom. The molecule has 7 nitrogen and oxygen atoms in total. The van der Waals surface area contributed by atoms with Crippen LogP contribution in [0.2, 0.25) is 0 Å². The van der Waals surface area contributed by atoms with E-state index in [-0.39, 0.29) is 24.1 Å². The average Bonchev–Trinajstić information content (AvgIpc) is 2.99. The summed E-state index contributed by atoms with van der Waals surface area (Å²) in [5.41, 5.74) is 1.38. The summed E-state index contributed by atoms with van der Waals surface area (Å²) < 4.78 is 0. The Bertz CT molecular complexity index is 715. The van der Waals surface area contributed by atoms with Gasteiger partial charge in [-0.1, -0.05) is 30.8 Å². The Morgan fingerprint density at radius 2 is 2.23 bits per heavy atom. The van der Waals surface area contributed by atoms with Crippen LogP contribution in [0.4, 0.5) is 11.4 Å². The van der Waals surface area contributed by atoms with Crippen molar-refractivity contribution >= 4 is 35.0 Å². The molecule has 1 aliphatic heterocycles. The number of H-pyrrole nitrogens is 1. The molecule has 2 heterocycles. The standard InChI is InChI=1S/C14H15N5O2S/c1-2-11-16-14(18-17-11)22-8-13(21)19-7-12(20)15-9-5-3-4-6-10(9)19/h3-6H,2,7-8H2,1H3,(H,15,20)(H,16,17,18). The zero-order chi connectivity index (χ0) is 15.5. The van der Waals surface area contributed by atoms with Crippen molar-refractivity contribution in [1.82, 2.24) is 15.2 Å². The SMILES string of the molecule is CCc1nc(SCC(=O)N2CC(=O)Nc3ccccc32)n[nH]1. The second-order valence-corrected chi connectivity index (χ2v) is 5.69. The Labute approximate surface area is 131 Å². The van der Waals surface area contributed by atoms with Gasteiger partial charge in [0.25, 0.3) is 0 Å². The number of carbonyl (C=O) groups excluding carboxylic acids is 2. The molecule has 8 heteroatoms. The molecule has 1 aromatic heterocycles. The summed E-state index contributed by atoms with van der Waals surface area (Å²) in [5.74, 6) is 0.638. The largest absolute Gasteiger partial charge is 0.323 e. The van der Waals surface area contributed by atoms with Gasteiger partial charge in [0.1, 0.15) is 12.4 Å². The molecular weight excluding hydrogens is 302 g/mol. The van der Waals surface area contributed by atoms with Crippen LogP contribution in [0.15, 0.2) is 29.4 Å². The molecule has 114 valence electrons. The molecule has 0 bridgehead atoms. The van der Waals surface area contributed by atoms with Crippen molar-refractivity contribution < 1.29 is 9.59 Å². The van der Waals surface area contributed by atoms with Gasteiger partial charge >= 0.3 is 0 Å². The predicted octanol–water partition coefficient (Wildman–Crippen LogP) is 1.44. The Kier molecular flexibility index (Phi) is 4.10. The molecule has 0 saturated heterocycles. The van der Waals surface area contributed by atoms with E-state index >= 15 is 0 Å². The molecule has 2 N–H and O–H groups in total. The second kappa shape index (κ2) is 6.18. The number of fused-ring (bicyclic) bond motifs is 1. The molecule has 0 aliphatic carbocycles. The van der Waals surface area contributed by atoms with Crippen LogP contribution in [-0.4, -0.2) is 39.3 Å². The quantitative estimate of drug-likeness (QED) is 0.833. The Morgan fingerprint density at radius 3 is 3.00 bits per heavy atom. The molecule has 1 aliphatic rings. The Balaban J connectivity index is 1.71. The number of aromatic amines is 1. The first-order valence-corrected chi connectivity index (χ1v) is 7.89. The number of anilines is 2. The smallest absolute Gasteiger partial charge is 0.244 e. The lowest BCUT2D eigenvalue weighted by molar-refractivity contribution is -0.120. The predicted molar refractivity (Wildman–Crippen MR) is 83.9 cm³/mol. The van der Waals surface area contributed by atoms with E-state index in [9.17, 15) is 9.59 Å². The van der Waals surface area contributed by atoms with Crippen LogP contribution in [0.3, 0.4) is 0 Å². The maximum Gasteiger partial charge on any atom is 0.244 e. The van der Waals surface area contributed by atoms with Crippen LogP contribution in [0.25, 0.3) is 0 Å². The first-order valence-electron chi connectivity index (χ1n) is 6.90. The highest BCUT2D eigenvalue weighted by Gasteiger charge is 2.26. The summed E-state index contributed by atoms with van der Waals surface area (Å²) in [6.07, 6.45) is 0.765. The number of hydrogen-bond donors (Lipinski definition) is 2. The van der Waals surface area contributed by atoms with E-state index in [1.807, 2.05) is 25.1 Å². The molecule has 0 spiro atoms. The van der Waals surface area contributed by atoms with Gasteiger partial charge < -0.3 is 10.2 Å². The van der Waals surface area contributed by atoms with Gasteiger partial charge in [-0.3, -0.25) is 14.7 Å². The highest BCUT2D eigenvalue weighted by atomic mass is 32.2. The van der Waals surface area contributed by atoms with E-state index in [0.717, 1.165) is 17.9 Å². The van der Waals surface area contributed by atoms with Gasteiger partial charge in [0.2, 0.25) is 17.0 Å². The number of thioether (sulfide) groups is 1. The van der Waals surface area contributed by atoms with E-state index in [0.29, 0.717) is 10.8 Å². The monoisotopic (exact) mass is 317 g/mol. The second-order valence-electron chi connectivity index (χ2n) is 4.75. The lowest BCUT2D eigenvalue weighted by Crippen LogP contribution is -2.43. The number of aryl methyl sites for hydroxylation is 1. The third kappa shape index (κ3) is 2.96. The van der Waals surface area contributed by atoms with E-state index in [4.69, 9.17) is 0 Å². The number of carbonyl (C=O) groups is 2. The summed E-state index contributed by atoms with van der Waals surface area (Å²) in [6, 6.07) is 7.26. The zero-order valence-electron chi connectivity index (χ0n) is 12.0. The fraction of sp³-hybridized carbons (Fsp3) is 0.286. The molecule has 0 unspecified atom stereocenters. The van der Waals surface area contributed by atoms with Crippen LogP contribution >= 0.6 is 11.8 Å². The first-order chi connectivity index (χ1) is 10.7. The fourth-order valence-corrected chi connectivity index (χ4v) is 2.85.